The van der Waals surface area contributed by atoms with Gasteiger partial charge in [0.1, 0.15) is 0 Å². The van der Waals surface area contributed by atoms with Crippen molar-refractivity contribution in [2.75, 3.05) is 0 Å². The number of pyridine rings is 1. The van der Waals surface area contributed by atoms with Crippen molar-refractivity contribution >= 4 is 11.9 Å². The smallest absolute Gasteiger partial charge is 0.303 e. The van der Waals surface area contributed by atoms with Crippen LogP contribution in [0.4, 0.5) is 0 Å². The lowest BCUT2D eigenvalue weighted by atomic mass is 10.2. The van der Waals surface area contributed by atoms with E-state index >= 15 is 0 Å². The Balaban J connectivity index is 0.000000318. The minimum atomic E-state index is -0.870. The van der Waals surface area contributed by atoms with Crippen molar-refractivity contribution < 1.29 is 19.8 Å². The summed E-state index contributed by atoms with van der Waals surface area (Å²) in [7, 11) is 0. The number of aliphatic carboxylic acids is 2. The fourth-order valence-electron chi connectivity index (χ4n) is 0.929. The van der Waals surface area contributed by atoms with Gasteiger partial charge in [0, 0.05) is 25.1 Å². The molecule has 0 aliphatic carbocycles. The van der Waals surface area contributed by atoms with Crippen LogP contribution in [-0.4, -0.2) is 27.1 Å². The second kappa shape index (κ2) is 9.14. The third-order valence-electron chi connectivity index (χ3n) is 1.71. The van der Waals surface area contributed by atoms with Gasteiger partial charge in [0.15, 0.2) is 0 Å². The molecule has 1 heterocycles. The average molecular weight is 241 g/mol. The van der Waals surface area contributed by atoms with Crippen LogP contribution in [0, 0.1) is 0 Å². The molecule has 0 aromatic carbocycles. The molecule has 6 heteroatoms. The Morgan fingerprint density at radius 1 is 1.06 bits per heavy atom. The van der Waals surface area contributed by atoms with Crippen LogP contribution in [-0.2, 0) is 9.59 Å². The summed E-state index contributed by atoms with van der Waals surface area (Å²) in [6, 6.07) is 4.93. The molecular weight excluding hydrogens is 226 g/mol. The molecule has 1 aromatic rings. The van der Waals surface area contributed by atoms with Crippen LogP contribution in [0.1, 0.15) is 25.7 Å². The summed E-state index contributed by atoms with van der Waals surface area (Å²) < 4.78 is 0. The Morgan fingerprint density at radius 3 is 1.82 bits per heavy atom. The topological polar surface area (TPSA) is 107 Å². The zero-order valence-corrected chi connectivity index (χ0v) is 9.26. The Labute approximate surface area is 97.9 Å². The van der Waals surface area contributed by atoms with Crippen molar-refractivity contribution in [1.82, 2.24) is 4.98 Å². The van der Waals surface area contributed by atoms with E-state index in [2.05, 4.69) is 4.98 Å². The molecule has 0 aliphatic rings. The first-order valence-corrected chi connectivity index (χ1v) is 5.09. The van der Waals surface area contributed by atoms with Gasteiger partial charge in [-0.25, -0.2) is 0 Å². The van der Waals surface area contributed by atoms with E-state index < -0.39 is 11.9 Å². The Kier molecular flexibility index (Phi) is 8.01. The number of hydrogen-bond donors (Lipinski definition) is 3. The lowest BCUT2D eigenvalue weighted by Crippen LogP contribution is -1.98. The molecule has 0 unspecified atom stereocenters. The highest BCUT2D eigenvalue weighted by atomic mass is 16.4. The fourth-order valence-corrected chi connectivity index (χ4v) is 0.929. The molecule has 17 heavy (non-hydrogen) atoms. The molecule has 1 aromatic heterocycles. The molecule has 0 fully saturated rings. The van der Waals surface area contributed by atoms with E-state index in [9.17, 15) is 14.4 Å². The molecule has 94 valence electrons. The standard InChI is InChI=1S/C6H10O4.C5H5NO/c7-5(8)3-1-2-4-6(9)10;7-5-3-1-2-4-6-5/h1-4H2,(H,7,8)(H,9,10);1-4H,(H,6,7). The van der Waals surface area contributed by atoms with Crippen LogP contribution in [0.25, 0.3) is 0 Å². The number of aromatic amines is 1. The maximum atomic E-state index is 10.2. The number of carboxylic acids is 2. The van der Waals surface area contributed by atoms with Gasteiger partial charge in [0.05, 0.1) is 0 Å². The van der Waals surface area contributed by atoms with E-state index in [1.165, 1.54) is 6.07 Å². The van der Waals surface area contributed by atoms with Gasteiger partial charge < -0.3 is 15.2 Å². The third kappa shape index (κ3) is 11.8. The van der Waals surface area contributed by atoms with E-state index in [-0.39, 0.29) is 18.4 Å². The van der Waals surface area contributed by atoms with Gasteiger partial charge in [0.2, 0.25) is 5.56 Å². The second-order valence-corrected chi connectivity index (χ2v) is 3.22. The first-order chi connectivity index (χ1) is 8.02. The minimum Gasteiger partial charge on any atom is -0.481 e. The quantitative estimate of drug-likeness (QED) is 0.669. The van der Waals surface area contributed by atoms with Gasteiger partial charge >= 0.3 is 11.9 Å². The highest BCUT2D eigenvalue weighted by Crippen LogP contribution is 1.98. The second-order valence-electron chi connectivity index (χ2n) is 3.22. The van der Waals surface area contributed by atoms with Crippen molar-refractivity contribution in [3.05, 3.63) is 34.7 Å². The summed E-state index contributed by atoms with van der Waals surface area (Å²) >= 11 is 0. The number of nitrogens with one attached hydrogen (secondary N) is 1. The molecule has 0 spiro atoms. The molecule has 0 aliphatic heterocycles. The maximum absolute atomic E-state index is 10.2. The zero-order chi connectivity index (χ0) is 13.1. The van der Waals surface area contributed by atoms with Crippen LogP contribution < -0.4 is 5.56 Å². The summed E-state index contributed by atoms with van der Waals surface area (Å²) in [5, 5.41) is 16.3. The maximum Gasteiger partial charge on any atom is 0.303 e. The molecule has 0 bridgehead atoms. The summed E-state index contributed by atoms with van der Waals surface area (Å²) in [5.41, 5.74) is -0.0532. The Hall–Kier alpha value is -2.11. The van der Waals surface area contributed by atoms with Crippen molar-refractivity contribution in [3.8, 4) is 0 Å². The summed E-state index contributed by atoms with van der Waals surface area (Å²) in [6.07, 6.45) is 2.62. The van der Waals surface area contributed by atoms with Crippen LogP contribution in [0.3, 0.4) is 0 Å². The van der Waals surface area contributed by atoms with Crippen LogP contribution in [0.2, 0.25) is 0 Å². The van der Waals surface area contributed by atoms with Crippen molar-refractivity contribution in [1.29, 1.82) is 0 Å². The predicted molar refractivity (Wildman–Crippen MR) is 60.8 cm³/mol. The van der Waals surface area contributed by atoms with E-state index in [1.807, 2.05) is 0 Å². The Bertz CT molecular complexity index is 365. The molecule has 1 rings (SSSR count). The minimum absolute atomic E-state index is 0.0532. The first-order valence-electron chi connectivity index (χ1n) is 5.09. The van der Waals surface area contributed by atoms with Gasteiger partial charge in [-0.05, 0) is 18.9 Å². The summed E-state index contributed by atoms with van der Waals surface area (Å²) in [5.74, 6) is -1.74. The van der Waals surface area contributed by atoms with Gasteiger partial charge in [-0.2, -0.15) is 0 Å². The van der Waals surface area contributed by atoms with E-state index in [0.29, 0.717) is 12.8 Å². The average Bonchev–Trinajstić information content (AvgIpc) is 2.26. The van der Waals surface area contributed by atoms with Gasteiger partial charge in [-0.3, -0.25) is 14.4 Å². The van der Waals surface area contributed by atoms with E-state index in [4.69, 9.17) is 10.2 Å². The zero-order valence-electron chi connectivity index (χ0n) is 9.26. The number of carbonyl (C=O) groups is 2. The SMILES string of the molecule is O=C(O)CCCCC(=O)O.O=c1cccc[nH]1. The third-order valence-corrected chi connectivity index (χ3v) is 1.71. The lowest BCUT2D eigenvalue weighted by molar-refractivity contribution is -0.139. The molecule has 0 saturated heterocycles. The number of unbranched alkanes of at least 4 members (excludes halogenated alkanes) is 1. The van der Waals surface area contributed by atoms with Gasteiger partial charge in [-0.1, -0.05) is 6.07 Å². The molecule has 0 amide bonds. The van der Waals surface area contributed by atoms with Crippen molar-refractivity contribution in [2.24, 2.45) is 0 Å². The van der Waals surface area contributed by atoms with Crippen LogP contribution >= 0.6 is 0 Å². The monoisotopic (exact) mass is 241 g/mol. The molecule has 0 atom stereocenters. The van der Waals surface area contributed by atoms with E-state index in [1.54, 1.807) is 18.3 Å². The summed E-state index contributed by atoms with van der Waals surface area (Å²) in [6.45, 7) is 0. The molecule has 0 radical (unpaired) electrons. The summed E-state index contributed by atoms with van der Waals surface area (Å²) in [4.78, 5) is 32.5. The predicted octanol–water partition coefficient (Wildman–Crippen LogP) is 1.09. The number of H-pyrrole nitrogens is 1. The van der Waals surface area contributed by atoms with E-state index in [0.717, 1.165) is 0 Å². The van der Waals surface area contributed by atoms with Crippen molar-refractivity contribution in [2.45, 2.75) is 25.7 Å². The molecular formula is C11H15NO5. The Morgan fingerprint density at radius 2 is 1.59 bits per heavy atom. The largest absolute Gasteiger partial charge is 0.481 e. The number of aromatic nitrogens is 1. The van der Waals surface area contributed by atoms with Crippen LogP contribution in [0.15, 0.2) is 29.2 Å². The number of carboxylic acid groups (broad SMARTS) is 2. The molecule has 3 N–H and O–H groups in total. The van der Waals surface area contributed by atoms with Gasteiger partial charge in [0.25, 0.3) is 0 Å². The lowest BCUT2D eigenvalue weighted by Gasteiger charge is -1.92. The number of rotatable bonds is 5. The van der Waals surface area contributed by atoms with Gasteiger partial charge in [-0.15, -0.1) is 0 Å². The molecule has 0 saturated carbocycles. The fraction of sp³-hybridized carbons (Fsp3) is 0.364. The number of hydrogen-bond acceptors (Lipinski definition) is 3. The normalized spacial score (nSPS) is 8.94. The molecule has 6 nitrogen and oxygen atoms in total. The highest BCUT2D eigenvalue weighted by Gasteiger charge is 1.99. The highest BCUT2D eigenvalue weighted by molar-refractivity contribution is 5.67. The van der Waals surface area contributed by atoms with Crippen LogP contribution in [0.5, 0.6) is 0 Å². The first kappa shape index (κ1) is 14.9. The van der Waals surface area contributed by atoms with Crippen molar-refractivity contribution in [3.63, 3.8) is 0 Å².